The molecule has 0 spiro atoms. The summed E-state index contributed by atoms with van der Waals surface area (Å²) in [4.78, 5) is 18.5. The van der Waals surface area contributed by atoms with Crippen molar-refractivity contribution in [1.82, 2.24) is 9.38 Å². The highest BCUT2D eigenvalue weighted by atomic mass is 32.1. The number of aromatic nitrogens is 2. The van der Waals surface area contributed by atoms with E-state index in [-0.39, 0.29) is 16.8 Å². The van der Waals surface area contributed by atoms with Crippen LogP contribution in [-0.2, 0) is 0 Å². The third-order valence-electron chi connectivity index (χ3n) is 4.34. The van der Waals surface area contributed by atoms with Crippen LogP contribution in [0.1, 0.15) is 30.0 Å². The minimum absolute atomic E-state index is 0.0702. The summed E-state index contributed by atoms with van der Waals surface area (Å²) in [6.45, 7) is 2.86. The first-order valence-electron chi connectivity index (χ1n) is 7.58. The number of thiazole rings is 1. The average Bonchev–Trinajstić information content (AvgIpc) is 3.21. The maximum Gasteiger partial charge on any atom is 0.373 e. The molecule has 6 nitrogen and oxygen atoms in total. The van der Waals surface area contributed by atoms with Crippen molar-refractivity contribution in [1.29, 1.82) is 0 Å². The van der Waals surface area contributed by atoms with Crippen LogP contribution in [0.15, 0.2) is 35.8 Å². The number of anilines is 1. The van der Waals surface area contributed by atoms with Gasteiger partial charge in [0, 0.05) is 11.9 Å². The van der Waals surface area contributed by atoms with Crippen molar-refractivity contribution in [3.8, 4) is 0 Å². The van der Waals surface area contributed by atoms with Gasteiger partial charge < -0.3 is 15.0 Å². The van der Waals surface area contributed by atoms with Gasteiger partial charge in [0.05, 0.1) is 6.04 Å². The normalized spacial score (nSPS) is 18.0. The summed E-state index contributed by atoms with van der Waals surface area (Å²) in [5.41, 5.74) is 2.41. The summed E-state index contributed by atoms with van der Waals surface area (Å²) in [6.07, 6.45) is 3.72. The van der Waals surface area contributed by atoms with E-state index in [1.807, 2.05) is 11.4 Å². The molecule has 7 heteroatoms. The summed E-state index contributed by atoms with van der Waals surface area (Å²) >= 11 is 1.42. The zero-order chi connectivity index (χ0) is 16.0. The third kappa shape index (κ3) is 2.28. The van der Waals surface area contributed by atoms with E-state index in [1.54, 1.807) is 10.6 Å². The molecule has 4 rings (SSSR count). The van der Waals surface area contributed by atoms with Gasteiger partial charge in [0.25, 0.3) is 4.96 Å². The summed E-state index contributed by atoms with van der Waals surface area (Å²) in [6, 6.07) is 8.52. The Kier molecular flexibility index (Phi) is 3.30. The van der Waals surface area contributed by atoms with Gasteiger partial charge in [-0.05, 0) is 30.3 Å². The van der Waals surface area contributed by atoms with Gasteiger partial charge in [0.1, 0.15) is 6.20 Å². The molecule has 1 aliphatic heterocycles. The fraction of sp³-hybridized carbons (Fsp3) is 0.312. The summed E-state index contributed by atoms with van der Waals surface area (Å²) in [5.74, 6) is 0.562. The highest BCUT2D eigenvalue weighted by Crippen LogP contribution is 2.40. The summed E-state index contributed by atoms with van der Waals surface area (Å²) in [5, 5.41) is 13.4. The van der Waals surface area contributed by atoms with Crippen LogP contribution in [0.4, 0.5) is 11.6 Å². The molecular weight excluding hydrogens is 312 g/mol. The Labute approximate surface area is 137 Å². The predicted octanol–water partition coefficient (Wildman–Crippen LogP) is 3.95. The molecular formula is C16H16N4O2S. The minimum Gasteiger partial charge on any atom is -0.358 e. The zero-order valence-electron chi connectivity index (χ0n) is 12.7. The number of aryl methyl sites for hydroxylation is 1. The number of hydrogen-bond acceptors (Lipinski definition) is 5. The minimum atomic E-state index is -0.326. The van der Waals surface area contributed by atoms with Crippen LogP contribution in [-0.4, -0.2) is 20.9 Å². The smallest absolute Gasteiger partial charge is 0.358 e. The zero-order valence-corrected chi connectivity index (χ0v) is 13.5. The van der Waals surface area contributed by atoms with Crippen molar-refractivity contribution in [3.63, 3.8) is 0 Å². The van der Waals surface area contributed by atoms with Crippen LogP contribution in [0.25, 0.3) is 4.96 Å². The van der Waals surface area contributed by atoms with Gasteiger partial charge in [0.15, 0.2) is 0 Å². The second kappa shape index (κ2) is 5.34. The second-order valence-electron chi connectivity index (χ2n) is 5.84. The second-order valence-corrected chi connectivity index (χ2v) is 6.71. The summed E-state index contributed by atoms with van der Waals surface area (Å²) in [7, 11) is 0. The highest BCUT2D eigenvalue weighted by Gasteiger charge is 2.35. The van der Waals surface area contributed by atoms with Crippen molar-refractivity contribution >= 4 is 27.9 Å². The number of fused-ring (bicyclic) bond motifs is 1. The van der Waals surface area contributed by atoms with Gasteiger partial charge in [0.2, 0.25) is 5.82 Å². The first kappa shape index (κ1) is 14.2. The van der Waals surface area contributed by atoms with Crippen molar-refractivity contribution in [2.45, 2.75) is 25.8 Å². The van der Waals surface area contributed by atoms with Crippen LogP contribution in [0.5, 0.6) is 0 Å². The fourth-order valence-corrected chi connectivity index (χ4v) is 4.07. The van der Waals surface area contributed by atoms with Crippen LogP contribution in [0.2, 0.25) is 0 Å². The molecule has 118 valence electrons. The number of imidazole rings is 1. The Bertz CT molecular complexity index is 885. The monoisotopic (exact) mass is 328 g/mol. The molecule has 3 aromatic rings. The van der Waals surface area contributed by atoms with E-state index >= 15 is 0 Å². The lowest BCUT2D eigenvalue weighted by Crippen LogP contribution is -2.23. The Morgan fingerprint density at radius 3 is 3.09 bits per heavy atom. The number of nitrogens with zero attached hydrogens (tertiary/aromatic N) is 4. The average molecular weight is 328 g/mol. The van der Waals surface area contributed by atoms with Crippen LogP contribution in [0.3, 0.4) is 0 Å². The van der Waals surface area contributed by atoms with Crippen LogP contribution in [0, 0.1) is 17.0 Å². The first-order chi connectivity index (χ1) is 11.1. The van der Waals surface area contributed by atoms with Gasteiger partial charge in [-0.3, -0.25) is 0 Å². The summed E-state index contributed by atoms with van der Waals surface area (Å²) < 4.78 is 1.58. The molecule has 1 aliphatic rings. The molecule has 23 heavy (non-hydrogen) atoms. The lowest BCUT2D eigenvalue weighted by atomic mass is 10.0. The van der Waals surface area contributed by atoms with E-state index in [9.17, 15) is 10.1 Å². The molecule has 1 atom stereocenters. The lowest BCUT2D eigenvalue weighted by molar-refractivity contribution is -0.389. The number of rotatable bonds is 3. The third-order valence-corrected chi connectivity index (χ3v) is 5.10. The molecule has 3 heterocycles. The SMILES string of the molecule is Cc1cccc(C2CCCN2c2nc3sccn3c2[N+](=O)[O-])c1. The Morgan fingerprint density at radius 1 is 1.43 bits per heavy atom. The number of hydrogen-bond donors (Lipinski definition) is 0. The molecule has 1 aromatic carbocycles. The van der Waals surface area contributed by atoms with E-state index in [1.165, 1.54) is 22.5 Å². The van der Waals surface area contributed by atoms with Gasteiger partial charge in [-0.1, -0.05) is 41.2 Å². The van der Waals surface area contributed by atoms with Gasteiger partial charge in [-0.15, -0.1) is 0 Å². The fourth-order valence-electron chi connectivity index (χ4n) is 3.37. The molecule has 2 aromatic heterocycles. The lowest BCUT2D eigenvalue weighted by Gasteiger charge is -2.24. The van der Waals surface area contributed by atoms with Crippen LogP contribution >= 0.6 is 11.3 Å². The molecule has 0 aliphatic carbocycles. The standard InChI is InChI=1S/C16H16N4O2S/c1-11-4-2-5-12(10-11)13-6-3-7-18(13)14-15(20(21)22)19-8-9-23-16(19)17-14/h2,4-5,8-10,13H,3,6-7H2,1H3. The molecule has 0 radical (unpaired) electrons. The van der Waals surface area contributed by atoms with E-state index < -0.39 is 0 Å². The quantitative estimate of drug-likeness (QED) is 0.539. The number of benzene rings is 1. The van der Waals surface area contributed by atoms with Gasteiger partial charge in [-0.25, -0.2) is 0 Å². The van der Waals surface area contributed by atoms with E-state index in [2.05, 4.69) is 35.0 Å². The molecule has 0 saturated carbocycles. The molecule has 0 bridgehead atoms. The Morgan fingerprint density at radius 2 is 2.30 bits per heavy atom. The molecule has 1 fully saturated rings. The predicted molar refractivity (Wildman–Crippen MR) is 90.2 cm³/mol. The maximum atomic E-state index is 11.6. The van der Waals surface area contributed by atoms with Crippen LogP contribution < -0.4 is 4.90 Å². The van der Waals surface area contributed by atoms with E-state index in [4.69, 9.17) is 0 Å². The molecule has 0 amide bonds. The Hall–Kier alpha value is -2.41. The molecule has 0 N–H and O–H groups in total. The van der Waals surface area contributed by atoms with Crippen molar-refractivity contribution in [2.75, 3.05) is 11.4 Å². The van der Waals surface area contributed by atoms with Crippen molar-refractivity contribution in [3.05, 3.63) is 57.1 Å². The van der Waals surface area contributed by atoms with Gasteiger partial charge >= 0.3 is 5.82 Å². The Balaban J connectivity index is 1.81. The maximum absolute atomic E-state index is 11.6. The molecule has 1 unspecified atom stereocenters. The molecule has 1 saturated heterocycles. The van der Waals surface area contributed by atoms with E-state index in [0.29, 0.717) is 10.8 Å². The number of nitro groups is 1. The largest absolute Gasteiger partial charge is 0.373 e. The van der Waals surface area contributed by atoms with E-state index in [0.717, 1.165) is 19.4 Å². The topological polar surface area (TPSA) is 63.7 Å². The van der Waals surface area contributed by atoms with Crippen molar-refractivity contribution < 1.29 is 4.92 Å². The highest BCUT2D eigenvalue weighted by molar-refractivity contribution is 7.15. The van der Waals surface area contributed by atoms with Gasteiger partial charge in [-0.2, -0.15) is 9.38 Å². The van der Waals surface area contributed by atoms with Crippen molar-refractivity contribution in [2.24, 2.45) is 0 Å². The first-order valence-corrected chi connectivity index (χ1v) is 8.46.